The Morgan fingerprint density at radius 3 is 1.87 bits per heavy atom. The molecule has 3 N–H and O–H groups in total. The third-order valence-electron chi connectivity index (χ3n) is 3.62. The van der Waals surface area contributed by atoms with Gasteiger partial charge in [-0.15, -0.1) is 0 Å². The minimum atomic E-state index is -5.03. The molecule has 11 nitrogen and oxygen atoms in total. The van der Waals surface area contributed by atoms with Crippen molar-refractivity contribution in [3.63, 3.8) is 0 Å². The number of hydrogen-bond acceptors (Lipinski definition) is 9. The van der Waals surface area contributed by atoms with E-state index in [0.717, 1.165) is 18.2 Å². The average Bonchev–Trinajstić information content (AvgIpc) is 2.51. The largest absolute Gasteiger partial charge is 1.00 e. The molecule has 2 aromatic rings. The second kappa shape index (κ2) is 11.2. The molecule has 0 aromatic heterocycles. The van der Waals surface area contributed by atoms with Crippen LogP contribution in [0.4, 0.5) is 5.69 Å². The molecule has 0 aliphatic carbocycles. The maximum Gasteiger partial charge on any atom is 1.00 e. The van der Waals surface area contributed by atoms with Crippen molar-refractivity contribution >= 4 is 48.6 Å². The summed E-state index contributed by atoms with van der Waals surface area (Å²) in [6, 6.07) is 2.90. The normalized spacial score (nSPS) is 11.3. The van der Waals surface area contributed by atoms with E-state index >= 15 is 0 Å². The number of anilines is 1. The summed E-state index contributed by atoms with van der Waals surface area (Å²) in [5.41, 5.74) is -0.320. The fourth-order valence-electron chi connectivity index (χ4n) is 2.44. The number of hydrogen-bond donors (Lipinski definition) is 3. The first-order valence-electron chi connectivity index (χ1n) is 7.53. The van der Waals surface area contributed by atoms with Gasteiger partial charge in [0.25, 0.3) is 0 Å². The van der Waals surface area contributed by atoms with E-state index in [1.165, 1.54) is 0 Å². The number of carboxylic acid groups (broad SMARTS) is 1. The number of phenols is 1. The topological polar surface area (TPSA) is 201 Å². The SMILES string of the molecule is O=C(O)CCCC(=O)Nc1cc(S(=O)(=O)[O-])cc2cc(S(=O)(=O)[O-])cc(O)c12.[Na+].[Na+]. The number of carbonyl (C=O) groups is 2. The third kappa shape index (κ3) is 7.75. The maximum absolute atomic E-state index is 12.0. The zero-order valence-corrected chi connectivity index (χ0v) is 21.5. The average molecular weight is 477 g/mol. The van der Waals surface area contributed by atoms with Gasteiger partial charge in [0.15, 0.2) is 0 Å². The van der Waals surface area contributed by atoms with Crippen LogP contribution in [-0.4, -0.2) is 48.0 Å². The van der Waals surface area contributed by atoms with Crippen LogP contribution in [0.2, 0.25) is 0 Å². The number of aliphatic carboxylic acids is 1. The Balaban J connectivity index is 0.00000420. The van der Waals surface area contributed by atoms with Crippen LogP contribution in [0.15, 0.2) is 34.1 Å². The fourth-order valence-corrected chi connectivity index (χ4v) is 3.50. The van der Waals surface area contributed by atoms with Crippen molar-refractivity contribution in [2.45, 2.75) is 29.1 Å². The number of aromatic hydroxyl groups is 1. The number of fused-ring (bicyclic) bond motifs is 1. The van der Waals surface area contributed by atoms with Crippen LogP contribution in [0.1, 0.15) is 19.3 Å². The maximum atomic E-state index is 12.0. The van der Waals surface area contributed by atoms with E-state index < -0.39 is 47.7 Å². The van der Waals surface area contributed by atoms with Crippen molar-refractivity contribution in [2.75, 3.05) is 5.32 Å². The van der Waals surface area contributed by atoms with Gasteiger partial charge in [0.1, 0.15) is 26.0 Å². The number of benzene rings is 2. The first-order valence-corrected chi connectivity index (χ1v) is 10.3. The molecule has 1 amide bonds. The first kappa shape index (κ1) is 29.3. The van der Waals surface area contributed by atoms with Crippen molar-refractivity contribution < 1.29 is 105 Å². The second-order valence-electron chi connectivity index (χ2n) is 5.72. The Morgan fingerprint density at radius 2 is 1.40 bits per heavy atom. The summed E-state index contributed by atoms with van der Waals surface area (Å²) in [5.74, 6) is -2.60. The summed E-state index contributed by atoms with van der Waals surface area (Å²) < 4.78 is 67.6. The Kier molecular flexibility index (Phi) is 10.9. The molecule has 0 heterocycles. The van der Waals surface area contributed by atoms with E-state index in [2.05, 4.69) is 5.32 Å². The molecule has 152 valence electrons. The molecule has 15 heteroatoms. The summed E-state index contributed by atoms with van der Waals surface area (Å²) in [6.45, 7) is 0. The van der Waals surface area contributed by atoms with E-state index in [1.54, 1.807) is 0 Å². The minimum Gasteiger partial charge on any atom is -0.744 e. The van der Waals surface area contributed by atoms with Crippen LogP contribution in [0, 0.1) is 0 Å². The molecule has 2 aromatic carbocycles. The van der Waals surface area contributed by atoms with E-state index in [-0.39, 0.29) is 94.8 Å². The Bertz CT molecular complexity index is 1170. The van der Waals surface area contributed by atoms with Gasteiger partial charge in [-0.2, -0.15) is 0 Å². The summed E-state index contributed by atoms with van der Waals surface area (Å²) in [6.07, 6.45) is -0.571. The van der Waals surface area contributed by atoms with Gasteiger partial charge in [-0.05, 0) is 36.1 Å². The molecule has 2 rings (SSSR count). The molecule has 0 aliphatic rings. The van der Waals surface area contributed by atoms with Crippen molar-refractivity contribution in [1.82, 2.24) is 0 Å². The van der Waals surface area contributed by atoms with Crippen molar-refractivity contribution in [2.24, 2.45) is 0 Å². The van der Waals surface area contributed by atoms with Gasteiger partial charge in [0.05, 0.1) is 15.5 Å². The molecule has 0 atom stereocenters. The summed E-state index contributed by atoms with van der Waals surface area (Å²) >= 11 is 0. The number of carbonyl (C=O) groups excluding carboxylic acids is 1. The molecule has 0 bridgehead atoms. The molecule has 0 fully saturated rings. The van der Waals surface area contributed by atoms with Crippen molar-refractivity contribution in [1.29, 1.82) is 0 Å². The summed E-state index contributed by atoms with van der Waals surface area (Å²) in [7, 11) is -10.0. The van der Waals surface area contributed by atoms with Gasteiger partial charge in [-0.1, -0.05) is 0 Å². The molecule has 0 spiro atoms. The quantitative estimate of drug-likeness (QED) is 0.255. The molecule has 0 unspecified atom stereocenters. The van der Waals surface area contributed by atoms with Gasteiger partial charge in [-0.25, -0.2) is 16.8 Å². The van der Waals surface area contributed by atoms with Crippen LogP contribution in [0.25, 0.3) is 10.8 Å². The van der Waals surface area contributed by atoms with E-state index in [4.69, 9.17) is 5.11 Å². The molecule has 0 aliphatic heterocycles. The van der Waals surface area contributed by atoms with Crippen LogP contribution < -0.4 is 64.4 Å². The molecule has 0 saturated heterocycles. The number of amides is 1. The van der Waals surface area contributed by atoms with Gasteiger partial charge in [-0.3, -0.25) is 9.59 Å². The number of nitrogens with one attached hydrogen (secondary N) is 1. The monoisotopic (exact) mass is 477 g/mol. The Hall–Kier alpha value is -0.740. The van der Waals surface area contributed by atoms with Crippen LogP contribution in [-0.2, 0) is 29.8 Å². The minimum absolute atomic E-state index is 0. The van der Waals surface area contributed by atoms with Crippen LogP contribution in [0.3, 0.4) is 0 Å². The Morgan fingerprint density at radius 1 is 0.900 bits per heavy atom. The smallest absolute Gasteiger partial charge is 0.744 e. The molecule has 0 radical (unpaired) electrons. The van der Waals surface area contributed by atoms with E-state index in [1.807, 2.05) is 0 Å². The van der Waals surface area contributed by atoms with E-state index in [9.17, 15) is 40.6 Å². The van der Waals surface area contributed by atoms with Crippen LogP contribution in [0.5, 0.6) is 5.75 Å². The number of phenolic OH excluding ortho intramolecular Hbond substituents is 1. The zero-order chi connectivity index (χ0) is 21.3. The Labute approximate surface area is 215 Å². The summed E-state index contributed by atoms with van der Waals surface area (Å²) in [5, 5.41) is 20.4. The zero-order valence-electron chi connectivity index (χ0n) is 15.9. The standard InChI is InChI=1S/C15H15NO10S2.2Na/c17-12-7-10(28(24,25)26)5-8-4-9(27(21,22)23)6-11(15(8)12)16-13(18)2-1-3-14(19)20;;/h4-7,17H,1-3H2,(H,16,18)(H,19,20)(H,21,22,23)(H,24,25,26);;/q;2*+1/p-2. The number of rotatable bonds is 7. The van der Waals surface area contributed by atoms with E-state index in [0.29, 0.717) is 6.07 Å². The van der Waals surface area contributed by atoms with Crippen LogP contribution >= 0.6 is 0 Å². The van der Waals surface area contributed by atoms with Gasteiger partial charge in [0.2, 0.25) is 5.91 Å². The third-order valence-corrected chi connectivity index (χ3v) is 5.25. The van der Waals surface area contributed by atoms with Crippen molar-refractivity contribution in [3.8, 4) is 5.75 Å². The van der Waals surface area contributed by atoms with Gasteiger partial charge in [0, 0.05) is 18.2 Å². The predicted molar refractivity (Wildman–Crippen MR) is 91.7 cm³/mol. The summed E-state index contributed by atoms with van der Waals surface area (Å²) in [4.78, 5) is 20.8. The molecule has 0 saturated carbocycles. The molecular weight excluding hydrogens is 464 g/mol. The van der Waals surface area contributed by atoms with Gasteiger partial charge < -0.3 is 24.6 Å². The number of carboxylic acids is 1. The van der Waals surface area contributed by atoms with Crippen molar-refractivity contribution in [3.05, 3.63) is 24.3 Å². The predicted octanol–water partition coefficient (Wildman–Crippen LogP) is -5.44. The first-order chi connectivity index (χ1) is 12.8. The fraction of sp³-hybridized carbons (Fsp3) is 0.200. The molecule has 30 heavy (non-hydrogen) atoms. The van der Waals surface area contributed by atoms with Gasteiger partial charge >= 0.3 is 65.1 Å². The molecular formula is C15H13NNa2O10S2. The second-order valence-corrected chi connectivity index (χ2v) is 8.47.